The molecule has 4 aliphatic rings. The van der Waals surface area contributed by atoms with Crippen LogP contribution in [0.1, 0.15) is 37.7 Å². The number of nitrogens with one attached hydrogen (secondary N) is 1. The van der Waals surface area contributed by atoms with E-state index in [0.717, 1.165) is 62.3 Å². The molecule has 7 rings (SSSR count). The van der Waals surface area contributed by atoms with Gasteiger partial charge in [0.2, 0.25) is 0 Å². The van der Waals surface area contributed by atoms with E-state index in [1.54, 1.807) is 6.07 Å². The molecular weight excluding hydrogens is 462 g/mol. The molecule has 0 amide bonds. The van der Waals surface area contributed by atoms with E-state index in [9.17, 15) is 5.11 Å². The summed E-state index contributed by atoms with van der Waals surface area (Å²) in [6, 6.07) is 18.2. The lowest BCUT2D eigenvalue weighted by molar-refractivity contribution is -0.115. The number of nitrogens with two attached hydrogens (primary N) is 1. The highest BCUT2D eigenvalue weighted by atomic mass is 16.5. The monoisotopic (exact) mass is 497 g/mol. The zero-order valence-corrected chi connectivity index (χ0v) is 21.1. The second-order valence-corrected chi connectivity index (χ2v) is 11.5. The first-order valence-electron chi connectivity index (χ1n) is 13.8. The van der Waals surface area contributed by atoms with Gasteiger partial charge in [-0.2, -0.15) is 0 Å². The van der Waals surface area contributed by atoms with Crippen LogP contribution in [0, 0.1) is 17.8 Å². The van der Waals surface area contributed by atoms with Crippen LogP contribution >= 0.6 is 0 Å². The smallest absolute Gasteiger partial charge is 0.169 e. The van der Waals surface area contributed by atoms with Crippen LogP contribution < -0.4 is 20.7 Å². The van der Waals surface area contributed by atoms with Crippen LogP contribution in [-0.2, 0) is 5.41 Å². The summed E-state index contributed by atoms with van der Waals surface area (Å²) >= 11 is 0. The van der Waals surface area contributed by atoms with E-state index in [1.165, 1.54) is 24.8 Å². The third kappa shape index (κ3) is 3.82. The maximum atomic E-state index is 10.3. The maximum Gasteiger partial charge on any atom is 0.169 e. The van der Waals surface area contributed by atoms with Gasteiger partial charge >= 0.3 is 0 Å². The number of piperidine rings is 1. The number of phenols is 1. The van der Waals surface area contributed by atoms with Crippen LogP contribution in [0.3, 0.4) is 0 Å². The summed E-state index contributed by atoms with van der Waals surface area (Å²) in [6.45, 7) is 4.05. The number of anilines is 2. The SMILES string of the molecule is Nc1nnc(-c2ccccc2O)cc1N1CC[C@@H]2CC3(c4cccc(OC5CCNCC5)c4)C[C@H](C1)C23. The molecule has 0 spiro atoms. The molecule has 2 unspecified atom stereocenters. The van der Waals surface area contributed by atoms with Gasteiger partial charge in [0.15, 0.2) is 5.82 Å². The van der Waals surface area contributed by atoms with E-state index in [1.807, 2.05) is 24.3 Å². The van der Waals surface area contributed by atoms with Gasteiger partial charge in [-0.05, 0) is 104 Å². The second-order valence-electron chi connectivity index (χ2n) is 11.5. The molecule has 4 atom stereocenters. The Labute approximate surface area is 218 Å². The fourth-order valence-corrected chi connectivity index (χ4v) is 7.77. The lowest BCUT2D eigenvalue weighted by Gasteiger charge is -2.67. The number of nitrogen functional groups attached to an aromatic ring is 1. The number of ether oxygens (including phenoxy) is 1. The largest absolute Gasteiger partial charge is 0.507 e. The zero-order valence-electron chi connectivity index (χ0n) is 21.1. The molecule has 4 N–H and O–H groups in total. The molecule has 7 heteroatoms. The highest BCUT2D eigenvalue weighted by Gasteiger charge is 2.66. The summed E-state index contributed by atoms with van der Waals surface area (Å²) in [4.78, 5) is 2.41. The number of aromatic hydroxyl groups is 1. The van der Waals surface area contributed by atoms with Crippen molar-refractivity contribution >= 4 is 11.5 Å². The second kappa shape index (κ2) is 8.91. The molecule has 1 aromatic heterocycles. The number of benzene rings is 2. The van der Waals surface area contributed by atoms with Gasteiger partial charge in [-0.15, -0.1) is 10.2 Å². The fourth-order valence-electron chi connectivity index (χ4n) is 7.77. The van der Waals surface area contributed by atoms with E-state index >= 15 is 0 Å². The topological polar surface area (TPSA) is 96.5 Å². The van der Waals surface area contributed by atoms with Gasteiger partial charge < -0.3 is 25.8 Å². The average Bonchev–Trinajstić information content (AvgIpc) is 2.95. The Bertz CT molecular complexity index is 1310. The number of rotatable bonds is 5. The van der Waals surface area contributed by atoms with Crippen molar-refractivity contribution in [2.75, 3.05) is 36.8 Å². The first kappa shape index (κ1) is 22.8. The van der Waals surface area contributed by atoms with E-state index in [-0.39, 0.29) is 5.75 Å². The molecule has 2 saturated heterocycles. The van der Waals surface area contributed by atoms with Gasteiger partial charge in [0.05, 0.1) is 11.4 Å². The Morgan fingerprint density at radius 2 is 1.81 bits per heavy atom. The first-order valence-corrected chi connectivity index (χ1v) is 13.8. The molecule has 2 aliphatic carbocycles. The Hall–Kier alpha value is -3.32. The van der Waals surface area contributed by atoms with Crippen molar-refractivity contribution < 1.29 is 9.84 Å². The van der Waals surface area contributed by atoms with Crippen molar-refractivity contribution in [3.63, 3.8) is 0 Å². The number of para-hydroxylation sites is 1. The van der Waals surface area contributed by atoms with Crippen LogP contribution in [0.2, 0.25) is 0 Å². The molecule has 7 nitrogen and oxygen atoms in total. The Morgan fingerprint density at radius 3 is 2.68 bits per heavy atom. The van der Waals surface area contributed by atoms with Crippen molar-refractivity contribution in [3.05, 3.63) is 60.2 Å². The molecule has 37 heavy (non-hydrogen) atoms. The highest BCUT2D eigenvalue weighted by molar-refractivity contribution is 5.74. The predicted octanol–water partition coefficient (Wildman–Crippen LogP) is 4.37. The summed E-state index contributed by atoms with van der Waals surface area (Å²) in [5.41, 5.74) is 10.4. The van der Waals surface area contributed by atoms with E-state index < -0.39 is 0 Å². The van der Waals surface area contributed by atoms with Crippen LogP contribution in [0.15, 0.2) is 54.6 Å². The summed E-state index contributed by atoms with van der Waals surface area (Å²) in [6.07, 6.45) is 6.14. The number of hydrogen-bond acceptors (Lipinski definition) is 7. The quantitative estimate of drug-likeness (QED) is 0.482. The van der Waals surface area contributed by atoms with Crippen LogP contribution in [0.4, 0.5) is 11.5 Å². The Balaban J connectivity index is 1.10. The normalized spacial score (nSPS) is 29.0. The van der Waals surface area contributed by atoms with Crippen LogP contribution in [-0.4, -0.2) is 47.6 Å². The van der Waals surface area contributed by atoms with E-state index in [0.29, 0.717) is 34.5 Å². The third-order valence-corrected chi connectivity index (χ3v) is 9.45. The molecule has 4 fully saturated rings. The molecule has 3 heterocycles. The van der Waals surface area contributed by atoms with E-state index in [2.05, 4.69) is 44.7 Å². The minimum atomic E-state index is 0.205. The summed E-state index contributed by atoms with van der Waals surface area (Å²) in [7, 11) is 0. The minimum absolute atomic E-state index is 0.205. The molecule has 2 saturated carbocycles. The molecule has 2 aliphatic heterocycles. The van der Waals surface area contributed by atoms with Crippen molar-refractivity contribution in [2.24, 2.45) is 17.8 Å². The number of nitrogens with zero attached hydrogens (tertiary/aromatic N) is 3. The molecule has 0 bridgehead atoms. The van der Waals surface area contributed by atoms with Crippen molar-refractivity contribution in [1.29, 1.82) is 0 Å². The fraction of sp³-hybridized carbons (Fsp3) is 0.467. The minimum Gasteiger partial charge on any atom is -0.507 e. The van der Waals surface area contributed by atoms with Crippen molar-refractivity contribution in [1.82, 2.24) is 15.5 Å². The third-order valence-electron chi connectivity index (χ3n) is 9.45. The number of hydrogen-bond donors (Lipinski definition) is 3. The molecular formula is C30H35N5O2. The molecule has 2 aromatic carbocycles. The van der Waals surface area contributed by atoms with Crippen LogP contribution in [0.25, 0.3) is 11.3 Å². The van der Waals surface area contributed by atoms with Gasteiger partial charge in [0.1, 0.15) is 17.6 Å². The van der Waals surface area contributed by atoms with Crippen molar-refractivity contribution in [2.45, 2.75) is 43.6 Å². The van der Waals surface area contributed by atoms with Crippen molar-refractivity contribution in [3.8, 4) is 22.8 Å². The van der Waals surface area contributed by atoms with Gasteiger partial charge in [-0.25, -0.2) is 0 Å². The van der Waals surface area contributed by atoms with Gasteiger partial charge in [-0.3, -0.25) is 0 Å². The van der Waals surface area contributed by atoms with Gasteiger partial charge in [-0.1, -0.05) is 24.3 Å². The summed E-state index contributed by atoms with van der Waals surface area (Å²) in [5.74, 6) is 3.83. The Morgan fingerprint density at radius 1 is 0.973 bits per heavy atom. The Kier molecular flexibility index (Phi) is 5.50. The lowest BCUT2D eigenvalue weighted by atomic mass is 9.36. The number of phenolic OH excluding ortho intramolecular Hbond substituents is 1. The number of aromatic nitrogens is 2. The van der Waals surface area contributed by atoms with Gasteiger partial charge in [0.25, 0.3) is 0 Å². The summed E-state index contributed by atoms with van der Waals surface area (Å²) in [5, 5.41) is 22.3. The lowest BCUT2D eigenvalue weighted by Crippen LogP contribution is -2.64. The average molecular weight is 498 g/mol. The predicted molar refractivity (Wildman–Crippen MR) is 145 cm³/mol. The van der Waals surface area contributed by atoms with Gasteiger partial charge in [0, 0.05) is 18.7 Å². The highest BCUT2D eigenvalue weighted by Crippen LogP contribution is 2.69. The van der Waals surface area contributed by atoms with Crippen LogP contribution in [0.5, 0.6) is 11.5 Å². The maximum absolute atomic E-state index is 10.3. The zero-order chi connectivity index (χ0) is 25.0. The standard InChI is InChI=1S/C30H35N5O2/c31-29-26(15-25(33-34-29)24-6-1-2-7-27(24)36)35-13-10-19-16-30(17-20(18-35)28(19)30)21-4-3-5-23(14-21)37-22-8-11-32-12-9-22/h1-7,14-15,19-20,22,28,32,36H,8-13,16-18H2,(H2,31,34)/t19-,20-,28?,30?/m1/s1. The first-order chi connectivity index (χ1) is 18.1. The molecule has 0 radical (unpaired) electrons. The molecule has 192 valence electrons. The summed E-state index contributed by atoms with van der Waals surface area (Å²) < 4.78 is 6.39. The van der Waals surface area contributed by atoms with E-state index in [4.69, 9.17) is 10.5 Å². The molecule has 3 aromatic rings.